The highest BCUT2D eigenvalue weighted by Gasteiger charge is 2.44. The van der Waals surface area contributed by atoms with E-state index in [9.17, 15) is 4.79 Å². The Morgan fingerprint density at radius 3 is 3.26 bits per heavy atom. The van der Waals surface area contributed by atoms with Gasteiger partial charge in [-0.2, -0.15) is 0 Å². The molecule has 3 aliphatic heterocycles. The molecule has 1 saturated heterocycles. The summed E-state index contributed by atoms with van der Waals surface area (Å²) >= 11 is 0. The number of hydrogen-bond acceptors (Lipinski definition) is 5. The smallest absolute Gasteiger partial charge is 0.338 e. The molecule has 19 heavy (non-hydrogen) atoms. The number of guanidine groups is 1. The first kappa shape index (κ1) is 12.3. The van der Waals surface area contributed by atoms with E-state index in [1.807, 2.05) is 6.92 Å². The lowest BCUT2D eigenvalue weighted by Gasteiger charge is -2.43. The van der Waals surface area contributed by atoms with Gasteiger partial charge in [0.15, 0.2) is 5.96 Å². The van der Waals surface area contributed by atoms with Crippen LogP contribution >= 0.6 is 0 Å². The van der Waals surface area contributed by atoms with Gasteiger partial charge in [-0.05, 0) is 26.2 Å². The number of piperidine rings is 1. The fourth-order valence-corrected chi connectivity index (χ4v) is 3.23. The summed E-state index contributed by atoms with van der Waals surface area (Å²) in [6, 6.07) is 0.565. The van der Waals surface area contributed by atoms with Crippen molar-refractivity contribution in [2.75, 3.05) is 13.2 Å². The van der Waals surface area contributed by atoms with Crippen LogP contribution in [0.2, 0.25) is 0 Å². The molecule has 2 atom stereocenters. The second-order valence-corrected chi connectivity index (χ2v) is 5.22. The highest BCUT2D eigenvalue weighted by atomic mass is 16.5. The summed E-state index contributed by atoms with van der Waals surface area (Å²) < 4.78 is 5.22. The van der Waals surface area contributed by atoms with Crippen molar-refractivity contribution in [3.63, 3.8) is 0 Å². The Hall–Kier alpha value is -1.78. The van der Waals surface area contributed by atoms with E-state index >= 15 is 0 Å². The number of aliphatic imine (C=N–C) groups is 1. The van der Waals surface area contributed by atoms with Crippen LogP contribution in [0.25, 0.3) is 0 Å². The molecule has 0 unspecified atom stereocenters. The molecule has 102 valence electrons. The predicted octanol–water partition coefficient (Wildman–Crippen LogP) is 1.19. The summed E-state index contributed by atoms with van der Waals surface area (Å²) in [6.07, 6.45) is 4.88. The summed E-state index contributed by atoms with van der Waals surface area (Å²) in [4.78, 5) is 19.0. The molecule has 5 nitrogen and oxygen atoms in total. The molecule has 0 saturated carbocycles. The third kappa shape index (κ3) is 1.93. The lowest BCUT2D eigenvalue weighted by Crippen LogP contribution is -2.57. The van der Waals surface area contributed by atoms with Crippen LogP contribution in [0.4, 0.5) is 0 Å². The molecule has 0 aliphatic carbocycles. The van der Waals surface area contributed by atoms with Crippen molar-refractivity contribution in [1.82, 2.24) is 10.2 Å². The van der Waals surface area contributed by atoms with E-state index in [0.29, 0.717) is 6.04 Å². The van der Waals surface area contributed by atoms with Crippen molar-refractivity contribution >= 4 is 11.9 Å². The molecule has 1 N–H and O–H groups in total. The highest BCUT2D eigenvalue weighted by molar-refractivity contribution is 5.96. The monoisotopic (exact) mass is 261 g/mol. The van der Waals surface area contributed by atoms with Crippen LogP contribution in [0.15, 0.2) is 28.9 Å². The summed E-state index contributed by atoms with van der Waals surface area (Å²) in [7, 11) is 0. The van der Waals surface area contributed by atoms with E-state index < -0.39 is 0 Å². The maximum absolute atomic E-state index is 12.2. The zero-order valence-corrected chi connectivity index (χ0v) is 11.2. The summed E-state index contributed by atoms with van der Waals surface area (Å²) in [5.74, 6) is 0.689. The van der Waals surface area contributed by atoms with E-state index in [1.165, 1.54) is 0 Å². The zero-order chi connectivity index (χ0) is 13.4. The number of nitrogens with zero attached hydrogens (tertiary/aromatic N) is 2. The van der Waals surface area contributed by atoms with Gasteiger partial charge in [-0.1, -0.05) is 12.7 Å². The predicted molar refractivity (Wildman–Crippen MR) is 72.6 cm³/mol. The Morgan fingerprint density at radius 2 is 2.47 bits per heavy atom. The van der Waals surface area contributed by atoms with Gasteiger partial charge in [-0.25, -0.2) is 4.79 Å². The summed E-state index contributed by atoms with van der Waals surface area (Å²) in [5.41, 5.74) is 1.63. The molecular formula is C14H19N3O2. The van der Waals surface area contributed by atoms with E-state index in [2.05, 4.69) is 21.8 Å². The molecule has 3 aliphatic rings. The molecular weight excluding hydrogens is 242 g/mol. The quantitative estimate of drug-likeness (QED) is 0.612. The van der Waals surface area contributed by atoms with Crippen LogP contribution < -0.4 is 5.32 Å². The standard InChI is InChI=1S/C14H19N3O2/c1-3-7-19-13(18)12-9(2)16-14-15-8-10-5-4-6-11(12)17(10)14/h3,10-11H,1,4-8H2,2H3,(H,15,16)/t10-,11+/m0/s1. The van der Waals surface area contributed by atoms with Gasteiger partial charge >= 0.3 is 5.97 Å². The Balaban J connectivity index is 1.90. The number of esters is 1. The second kappa shape index (κ2) is 4.72. The van der Waals surface area contributed by atoms with Crippen molar-refractivity contribution < 1.29 is 9.53 Å². The number of rotatable bonds is 3. The first-order valence-electron chi connectivity index (χ1n) is 6.81. The van der Waals surface area contributed by atoms with Gasteiger partial charge in [-0.15, -0.1) is 0 Å². The number of nitrogens with one attached hydrogen (secondary N) is 1. The van der Waals surface area contributed by atoms with E-state index in [-0.39, 0.29) is 18.6 Å². The molecule has 3 rings (SSSR count). The van der Waals surface area contributed by atoms with Gasteiger partial charge in [0.25, 0.3) is 0 Å². The number of carbonyl (C=O) groups excluding carboxylic acids is 1. The van der Waals surface area contributed by atoms with Crippen molar-refractivity contribution in [3.8, 4) is 0 Å². The molecule has 5 heteroatoms. The maximum atomic E-state index is 12.2. The fraction of sp³-hybridized carbons (Fsp3) is 0.571. The minimum absolute atomic E-state index is 0.124. The first-order chi connectivity index (χ1) is 9.22. The lowest BCUT2D eigenvalue weighted by atomic mass is 9.89. The molecule has 1 fully saturated rings. The van der Waals surface area contributed by atoms with Gasteiger partial charge in [0.1, 0.15) is 6.61 Å². The number of hydrogen-bond donors (Lipinski definition) is 1. The van der Waals surface area contributed by atoms with Gasteiger partial charge in [0.2, 0.25) is 0 Å². The van der Waals surface area contributed by atoms with Gasteiger partial charge in [-0.3, -0.25) is 4.99 Å². The van der Waals surface area contributed by atoms with Crippen molar-refractivity contribution in [3.05, 3.63) is 23.9 Å². The molecule has 0 aromatic rings. The number of ether oxygens (including phenoxy) is 1. The van der Waals surface area contributed by atoms with E-state index in [1.54, 1.807) is 6.08 Å². The first-order valence-corrected chi connectivity index (χ1v) is 6.81. The van der Waals surface area contributed by atoms with Crippen LogP contribution in [0, 0.1) is 0 Å². The molecule has 0 bridgehead atoms. The Morgan fingerprint density at radius 1 is 1.63 bits per heavy atom. The van der Waals surface area contributed by atoms with E-state index in [0.717, 1.165) is 43.0 Å². The molecule has 0 amide bonds. The van der Waals surface area contributed by atoms with Crippen LogP contribution in [-0.2, 0) is 9.53 Å². The van der Waals surface area contributed by atoms with Crippen LogP contribution in [0.5, 0.6) is 0 Å². The summed E-state index contributed by atoms with van der Waals surface area (Å²) in [6.45, 7) is 6.59. The zero-order valence-electron chi connectivity index (χ0n) is 11.2. The number of carbonyl (C=O) groups is 1. The largest absolute Gasteiger partial charge is 0.458 e. The van der Waals surface area contributed by atoms with Gasteiger partial charge in [0, 0.05) is 5.70 Å². The van der Waals surface area contributed by atoms with Gasteiger partial charge < -0.3 is 15.0 Å². The lowest BCUT2D eigenvalue weighted by molar-refractivity contribution is -0.138. The topological polar surface area (TPSA) is 53.9 Å². The minimum atomic E-state index is -0.235. The molecule has 0 spiro atoms. The van der Waals surface area contributed by atoms with Crippen molar-refractivity contribution in [1.29, 1.82) is 0 Å². The van der Waals surface area contributed by atoms with Crippen molar-refractivity contribution in [2.24, 2.45) is 4.99 Å². The maximum Gasteiger partial charge on any atom is 0.338 e. The SMILES string of the molecule is C=CCOC(=O)C1=C(C)NC2=NC[C@@H]3CCC[C@H]1N23. The molecule has 0 aromatic heterocycles. The average Bonchev–Trinajstić information content (AvgIpc) is 2.81. The van der Waals surface area contributed by atoms with Crippen LogP contribution in [0.1, 0.15) is 26.2 Å². The third-order valence-corrected chi connectivity index (χ3v) is 4.03. The normalized spacial score (nSPS) is 28.5. The van der Waals surface area contributed by atoms with Crippen molar-refractivity contribution in [2.45, 2.75) is 38.3 Å². The average molecular weight is 261 g/mol. The Kier molecular flexibility index (Phi) is 3.05. The molecule has 0 aromatic carbocycles. The minimum Gasteiger partial charge on any atom is -0.458 e. The van der Waals surface area contributed by atoms with Crippen LogP contribution in [-0.4, -0.2) is 42.1 Å². The van der Waals surface area contributed by atoms with E-state index in [4.69, 9.17) is 4.74 Å². The summed E-state index contributed by atoms with van der Waals surface area (Å²) in [5, 5.41) is 3.24. The van der Waals surface area contributed by atoms with Crippen LogP contribution in [0.3, 0.4) is 0 Å². The highest BCUT2D eigenvalue weighted by Crippen LogP contribution is 2.34. The number of allylic oxidation sites excluding steroid dienone is 1. The van der Waals surface area contributed by atoms with Gasteiger partial charge in [0.05, 0.1) is 24.2 Å². The third-order valence-electron chi connectivity index (χ3n) is 4.03. The molecule has 3 heterocycles. The Bertz CT molecular complexity index is 481. The second-order valence-electron chi connectivity index (χ2n) is 5.22. The fourth-order valence-electron chi connectivity index (χ4n) is 3.23. The molecule has 0 radical (unpaired) electrons. The Labute approximate surface area is 113 Å².